The summed E-state index contributed by atoms with van der Waals surface area (Å²) in [7, 11) is 0. The highest BCUT2D eigenvalue weighted by Gasteiger charge is 1.90. The summed E-state index contributed by atoms with van der Waals surface area (Å²) in [6.45, 7) is 3.31. The van der Waals surface area contributed by atoms with Gasteiger partial charge >= 0.3 is 0 Å². The molecule has 0 aromatic heterocycles. The zero-order valence-corrected chi connectivity index (χ0v) is 15.1. The Morgan fingerprint density at radius 1 is 0.783 bits per heavy atom. The molecule has 0 aliphatic heterocycles. The summed E-state index contributed by atoms with van der Waals surface area (Å²) in [5, 5.41) is 7.42. The van der Waals surface area contributed by atoms with Crippen LogP contribution < -0.4 is 0 Å². The van der Waals surface area contributed by atoms with Crippen molar-refractivity contribution in [1.82, 2.24) is 0 Å². The fourth-order valence-electron chi connectivity index (χ4n) is 2.05. The van der Waals surface area contributed by atoms with Crippen LogP contribution in [0.2, 0.25) is 0 Å². The fourth-order valence-corrected chi connectivity index (χ4v) is 2.05. The third-order valence-electron chi connectivity index (χ3n) is 3.30. The Labute approximate surface area is 142 Å². The Morgan fingerprint density at radius 2 is 1.17 bits per heavy atom. The van der Waals surface area contributed by atoms with Gasteiger partial charge in [-0.3, -0.25) is 4.79 Å². The number of aliphatic carboxylic acids is 1. The van der Waals surface area contributed by atoms with Gasteiger partial charge in [-0.25, -0.2) is 0 Å². The second kappa shape index (κ2) is 22.9. The van der Waals surface area contributed by atoms with E-state index in [4.69, 9.17) is 9.90 Å². The number of unbranched alkanes of at least 4 members (excludes halogenated alkanes) is 10. The third kappa shape index (κ3) is 33.4. The number of hydrogen-bond donors (Lipinski definition) is 1. The molecule has 1 N–H and O–H groups in total. The number of carbonyl (C=O) groups is 2. The molecule has 0 amide bonds. The highest BCUT2D eigenvalue weighted by Crippen LogP contribution is 2.09. The van der Waals surface area contributed by atoms with Gasteiger partial charge < -0.3 is 9.90 Å². The van der Waals surface area contributed by atoms with E-state index in [-0.39, 0.29) is 0 Å². The molecule has 0 spiro atoms. The SMILES string of the molecule is CC(=O)O.CCCC/C=C\C=C/CCCCCCCCCC=O. The summed E-state index contributed by atoms with van der Waals surface area (Å²) in [5.74, 6) is -0.833. The quantitative estimate of drug-likeness (QED) is 0.239. The van der Waals surface area contributed by atoms with Gasteiger partial charge in [-0.1, -0.05) is 76.2 Å². The lowest BCUT2D eigenvalue weighted by atomic mass is 10.1. The van der Waals surface area contributed by atoms with Crippen molar-refractivity contribution in [3.05, 3.63) is 24.3 Å². The van der Waals surface area contributed by atoms with Crippen molar-refractivity contribution in [3.63, 3.8) is 0 Å². The van der Waals surface area contributed by atoms with Gasteiger partial charge in [0.15, 0.2) is 0 Å². The van der Waals surface area contributed by atoms with Gasteiger partial charge in [0.05, 0.1) is 0 Å². The van der Waals surface area contributed by atoms with E-state index >= 15 is 0 Å². The normalized spacial score (nSPS) is 10.7. The van der Waals surface area contributed by atoms with Crippen molar-refractivity contribution in [2.45, 2.75) is 90.9 Å². The van der Waals surface area contributed by atoms with E-state index < -0.39 is 5.97 Å². The van der Waals surface area contributed by atoms with Crippen LogP contribution in [0.3, 0.4) is 0 Å². The highest BCUT2D eigenvalue weighted by molar-refractivity contribution is 5.62. The minimum atomic E-state index is -0.833. The second-order valence-electron chi connectivity index (χ2n) is 5.74. The monoisotopic (exact) mass is 324 g/mol. The largest absolute Gasteiger partial charge is 0.481 e. The summed E-state index contributed by atoms with van der Waals surface area (Å²) in [6.07, 6.45) is 24.6. The van der Waals surface area contributed by atoms with Crippen LogP contribution in [0.15, 0.2) is 24.3 Å². The first kappa shape index (κ1) is 23.9. The molecule has 0 unspecified atom stereocenters. The molecule has 0 aliphatic rings. The minimum Gasteiger partial charge on any atom is -0.481 e. The number of carboxylic acid groups (broad SMARTS) is 1. The number of aldehydes is 1. The van der Waals surface area contributed by atoms with Crippen LogP contribution in [0.5, 0.6) is 0 Å². The van der Waals surface area contributed by atoms with Crippen molar-refractivity contribution in [2.24, 2.45) is 0 Å². The van der Waals surface area contributed by atoms with Crippen LogP contribution in [0.25, 0.3) is 0 Å². The smallest absolute Gasteiger partial charge is 0.300 e. The predicted octanol–water partition coefficient (Wildman–Crippen LogP) is 6.09. The fraction of sp³-hybridized carbons (Fsp3) is 0.700. The summed E-state index contributed by atoms with van der Waals surface area (Å²) in [4.78, 5) is 19.1. The van der Waals surface area contributed by atoms with E-state index in [2.05, 4.69) is 31.2 Å². The van der Waals surface area contributed by atoms with Gasteiger partial charge in [0.2, 0.25) is 0 Å². The Bertz CT molecular complexity index is 302. The van der Waals surface area contributed by atoms with E-state index in [0.717, 1.165) is 26.1 Å². The summed E-state index contributed by atoms with van der Waals surface area (Å²) < 4.78 is 0. The molecule has 0 radical (unpaired) electrons. The van der Waals surface area contributed by atoms with Crippen LogP contribution in [0.4, 0.5) is 0 Å². The average molecular weight is 325 g/mol. The van der Waals surface area contributed by atoms with Gasteiger partial charge in [-0.15, -0.1) is 0 Å². The third-order valence-corrected chi connectivity index (χ3v) is 3.30. The first-order chi connectivity index (χ1) is 11.1. The summed E-state index contributed by atoms with van der Waals surface area (Å²) >= 11 is 0. The molecule has 0 heterocycles. The first-order valence-electron chi connectivity index (χ1n) is 9.10. The summed E-state index contributed by atoms with van der Waals surface area (Å²) in [6, 6.07) is 0. The number of carbonyl (C=O) groups excluding carboxylic acids is 1. The molecule has 3 heteroatoms. The molecule has 0 saturated carbocycles. The average Bonchev–Trinajstić information content (AvgIpc) is 2.50. The topological polar surface area (TPSA) is 54.4 Å². The Balaban J connectivity index is 0. The predicted molar refractivity (Wildman–Crippen MR) is 98.7 cm³/mol. The van der Waals surface area contributed by atoms with Crippen LogP contribution in [0.1, 0.15) is 90.9 Å². The van der Waals surface area contributed by atoms with Gasteiger partial charge in [-0.2, -0.15) is 0 Å². The van der Waals surface area contributed by atoms with Crippen molar-refractivity contribution in [1.29, 1.82) is 0 Å². The molecule has 0 rings (SSSR count). The zero-order valence-electron chi connectivity index (χ0n) is 15.1. The molecule has 0 aromatic rings. The maximum atomic E-state index is 10.1. The maximum absolute atomic E-state index is 10.1. The number of carboxylic acids is 1. The molecular weight excluding hydrogens is 288 g/mol. The van der Waals surface area contributed by atoms with Crippen molar-refractivity contribution < 1.29 is 14.7 Å². The van der Waals surface area contributed by atoms with E-state index in [1.807, 2.05) is 0 Å². The molecular formula is C20H36O3. The number of allylic oxidation sites excluding steroid dienone is 4. The molecule has 0 aromatic carbocycles. The first-order valence-corrected chi connectivity index (χ1v) is 9.10. The summed E-state index contributed by atoms with van der Waals surface area (Å²) in [5.41, 5.74) is 0. The number of hydrogen-bond acceptors (Lipinski definition) is 2. The molecule has 0 saturated heterocycles. The van der Waals surface area contributed by atoms with Gasteiger partial charge in [0.25, 0.3) is 5.97 Å². The highest BCUT2D eigenvalue weighted by atomic mass is 16.4. The van der Waals surface area contributed by atoms with Crippen molar-refractivity contribution >= 4 is 12.3 Å². The van der Waals surface area contributed by atoms with E-state index in [1.54, 1.807) is 0 Å². The van der Waals surface area contributed by atoms with E-state index in [1.165, 1.54) is 64.2 Å². The molecule has 23 heavy (non-hydrogen) atoms. The van der Waals surface area contributed by atoms with Crippen LogP contribution in [-0.4, -0.2) is 17.4 Å². The standard InChI is InChI=1S/C18H32O.C2H4O2/c1-2-3-4-5-6-7-8-9-10-11-12-13-14-15-16-17-18-19;1-2(3)4/h5-8,18H,2-4,9-17H2,1H3;1H3,(H,3,4)/b6-5-,8-7-;. The lowest BCUT2D eigenvalue weighted by molar-refractivity contribution is -0.134. The lowest BCUT2D eigenvalue weighted by Gasteiger charge is -1.99. The molecule has 3 nitrogen and oxygen atoms in total. The minimum absolute atomic E-state index is 0.747. The zero-order chi connectivity index (χ0) is 17.6. The van der Waals surface area contributed by atoms with Crippen LogP contribution in [-0.2, 0) is 9.59 Å². The van der Waals surface area contributed by atoms with Crippen LogP contribution >= 0.6 is 0 Å². The Morgan fingerprint density at radius 3 is 1.61 bits per heavy atom. The van der Waals surface area contributed by atoms with Gasteiger partial charge in [0, 0.05) is 13.3 Å². The number of rotatable bonds is 14. The molecule has 0 aliphatic carbocycles. The molecule has 0 fully saturated rings. The molecule has 0 atom stereocenters. The van der Waals surface area contributed by atoms with Gasteiger partial charge in [0.1, 0.15) is 6.29 Å². The van der Waals surface area contributed by atoms with Crippen molar-refractivity contribution in [2.75, 3.05) is 0 Å². The van der Waals surface area contributed by atoms with E-state index in [0.29, 0.717) is 0 Å². The Hall–Kier alpha value is -1.38. The molecule has 134 valence electrons. The Kier molecular flexibility index (Phi) is 23.8. The van der Waals surface area contributed by atoms with E-state index in [9.17, 15) is 4.79 Å². The second-order valence-corrected chi connectivity index (χ2v) is 5.74. The van der Waals surface area contributed by atoms with Gasteiger partial charge in [-0.05, 0) is 25.7 Å². The lowest BCUT2D eigenvalue weighted by Crippen LogP contribution is -1.81. The van der Waals surface area contributed by atoms with Crippen LogP contribution in [0, 0.1) is 0 Å². The van der Waals surface area contributed by atoms with Crippen molar-refractivity contribution in [3.8, 4) is 0 Å². The molecule has 0 bridgehead atoms. The maximum Gasteiger partial charge on any atom is 0.300 e.